The van der Waals surface area contributed by atoms with Crippen molar-refractivity contribution in [3.63, 3.8) is 0 Å². The first kappa shape index (κ1) is 17.3. The highest BCUT2D eigenvalue weighted by Crippen LogP contribution is 2.25. The number of hydrogen-bond donors (Lipinski definition) is 1. The first-order chi connectivity index (χ1) is 11.4. The zero-order chi connectivity index (χ0) is 17.7. The quantitative estimate of drug-likeness (QED) is 0.808. The van der Waals surface area contributed by atoms with E-state index in [-0.39, 0.29) is 11.4 Å². The second kappa shape index (κ2) is 7.49. The maximum absolute atomic E-state index is 12.3. The number of ether oxygens (including phenoxy) is 3. The third kappa shape index (κ3) is 4.03. The Labute approximate surface area is 138 Å². The summed E-state index contributed by atoms with van der Waals surface area (Å²) >= 11 is 0. The molecule has 1 atom stereocenters. The topological polar surface area (TPSA) is 99.9 Å². The molecule has 0 saturated heterocycles. The third-order valence-electron chi connectivity index (χ3n) is 3.16. The Morgan fingerprint density at radius 2 is 1.96 bits per heavy atom. The van der Waals surface area contributed by atoms with Crippen LogP contribution in [0.25, 0.3) is 0 Å². The molecule has 0 fully saturated rings. The van der Waals surface area contributed by atoms with Gasteiger partial charge in [-0.3, -0.25) is 4.79 Å². The smallest absolute Gasteiger partial charge is 0.342 e. The molecule has 1 heterocycles. The van der Waals surface area contributed by atoms with Gasteiger partial charge in [-0.1, -0.05) is 5.16 Å². The molecule has 24 heavy (non-hydrogen) atoms. The van der Waals surface area contributed by atoms with Gasteiger partial charge in [0.15, 0.2) is 11.9 Å². The van der Waals surface area contributed by atoms with Gasteiger partial charge in [-0.25, -0.2) is 4.79 Å². The molecular formula is C16H18N2O6. The van der Waals surface area contributed by atoms with Crippen LogP contribution in [0.4, 0.5) is 5.82 Å². The van der Waals surface area contributed by atoms with Crippen LogP contribution in [-0.4, -0.2) is 37.4 Å². The summed E-state index contributed by atoms with van der Waals surface area (Å²) in [5, 5.41) is 6.14. The van der Waals surface area contributed by atoms with E-state index >= 15 is 0 Å². The van der Waals surface area contributed by atoms with E-state index in [0.29, 0.717) is 17.3 Å². The van der Waals surface area contributed by atoms with Crippen LogP contribution in [-0.2, 0) is 9.53 Å². The first-order valence-electron chi connectivity index (χ1n) is 7.11. The average molecular weight is 334 g/mol. The Morgan fingerprint density at radius 3 is 2.54 bits per heavy atom. The van der Waals surface area contributed by atoms with Crippen molar-refractivity contribution < 1.29 is 28.3 Å². The van der Waals surface area contributed by atoms with Crippen LogP contribution in [0.2, 0.25) is 0 Å². The van der Waals surface area contributed by atoms with Crippen LogP contribution < -0.4 is 14.8 Å². The van der Waals surface area contributed by atoms with E-state index in [1.165, 1.54) is 27.2 Å². The molecule has 128 valence electrons. The van der Waals surface area contributed by atoms with E-state index < -0.39 is 18.0 Å². The minimum atomic E-state index is -1.04. The predicted molar refractivity (Wildman–Crippen MR) is 84.3 cm³/mol. The number of nitrogens with one attached hydrogen (secondary N) is 1. The number of nitrogens with zero attached hydrogens (tertiary/aromatic N) is 1. The van der Waals surface area contributed by atoms with Crippen LogP contribution in [0.5, 0.6) is 11.5 Å². The van der Waals surface area contributed by atoms with Crippen LogP contribution in [0.15, 0.2) is 28.8 Å². The number of anilines is 1. The molecule has 0 aliphatic heterocycles. The molecule has 0 aliphatic carbocycles. The van der Waals surface area contributed by atoms with Crippen molar-refractivity contribution in [1.82, 2.24) is 5.16 Å². The monoisotopic (exact) mass is 334 g/mol. The molecule has 0 spiro atoms. The van der Waals surface area contributed by atoms with Gasteiger partial charge >= 0.3 is 5.97 Å². The number of aromatic nitrogens is 1. The van der Waals surface area contributed by atoms with Gasteiger partial charge in [-0.15, -0.1) is 0 Å². The van der Waals surface area contributed by atoms with Gasteiger partial charge in [0.05, 0.1) is 14.2 Å². The van der Waals surface area contributed by atoms with E-state index in [0.717, 1.165) is 0 Å². The Kier molecular flexibility index (Phi) is 5.41. The normalized spacial score (nSPS) is 11.5. The standard InChI is InChI=1S/C16H18N2O6/c1-9-7-14(18-24-9)17-15(19)10(2)23-16(20)12-8-11(21-3)5-6-13(12)22-4/h5-8,10H,1-4H3,(H,17,18,19). The lowest BCUT2D eigenvalue weighted by atomic mass is 10.2. The van der Waals surface area contributed by atoms with Gasteiger partial charge < -0.3 is 24.1 Å². The highest BCUT2D eigenvalue weighted by Gasteiger charge is 2.22. The van der Waals surface area contributed by atoms with Crippen LogP contribution in [0, 0.1) is 6.92 Å². The number of hydrogen-bond acceptors (Lipinski definition) is 7. The molecule has 1 unspecified atom stereocenters. The fraction of sp³-hybridized carbons (Fsp3) is 0.312. The fourth-order valence-corrected chi connectivity index (χ4v) is 1.90. The minimum Gasteiger partial charge on any atom is -0.497 e. The largest absolute Gasteiger partial charge is 0.497 e. The molecule has 1 aromatic heterocycles. The number of esters is 1. The molecule has 2 rings (SSSR count). The number of carbonyl (C=O) groups is 2. The second-order valence-electron chi connectivity index (χ2n) is 4.93. The second-order valence-corrected chi connectivity index (χ2v) is 4.93. The van der Waals surface area contributed by atoms with E-state index in [4.69, 9.17) is 18.7 Å². The molecule has 0 saturated carbocycles. The number of aryl methyl sites for hydroxylation is 1. The molecule has 8 heteroatoms. The van der Waals surface area contributed by atoms with Crippen LogP contribution >= 0.6 is 0 Å². The Bertz CT molecular complexity index is 740. The highest BCUT2D eigenvalue weighted by molar-refractivity contribution is 5.98. The van der Waals surface area contributed by atoms with Gasteiger partial charge in [0, 0.05) is 6.07 Å². The molecule has 1 N–H and O–H groups in total. The fourth-order valence-electron chi connectivity index (χ4n) is 1.90. The van der Waals surface area contributed by atoms with Crippen LogP contribution in [0.3, 0.4) is 0 Å². The summed E-state index contributed by atoms with van der Waals surface area (Å²) in [6.45, 7) is 3.15. The zero-order valence-corrected chi connectivity index (χ0v) is 13.8. The average Bonchev–Trinajstić information content (AvgIpc) is 2.98. The zero-order valence-electron chi connectivity index (χ0n) is 13.8. The number of carbonyl (C=O) groups excluding carboxylic acids is 2. The van der Waals surface area contributed by atoms with Crippen molar-refractivity contribution in [3.05, 3.63) is 35.6 Å². The lowest BCUT2D eigenvalue weighted by molar-refractivity contribution is -0.123. The molecule has 8 nitrogen and oxygen atoms in total. The summed E-state index contributed by atoms with van der Waals surface area (Å²) in [7, 11) is 2.91. The Hall–Kier alpha value is -3.03. The molecule has 0 radical (unpaired) electrons. The SMILES string of the molecule is COc1ccc(OC)c(C(=O)OC(C)C(=O)Nc2cc(C)on2)c1. The van der Waals surface area contributed by atoms with Crippen molar-refractivity contribution in [1.29, 1.82) is 0 Å². The predicted octanol–water partition coefficient (Wildman–Crippen LogP) is 2.18. The molecule has 0 aliphatic rings. The molecule has 1 aromatic carbocycles. The summed E-state index contributed by atoms with van der Waals surface area (Å²) in [5.74, 6) is 0.358. The van der Waals surface area contributed by atoms with Crippen molar-refractivity contribution in [2.24, 2.45) is 0 Å². The molecule has 2 aromatic rings. The summed E-state index contributed by atoms with van der Waals surface area (Å²) < 4.78 is 20.2. The summed E-state index contributed by atoms with van der Waals surface area (Å²) in [6.07, 6.45) is -1.04. The van der Waals surface area contributed by atoms with Gasteiger partial charge in [0.25, 0.3) is 5.91 Å². The van der Waals surface area contributed by atoms with E-state index in [9.17, 15) is 9.59 Å². The Balaban J connectivity index is 2.06. The van der Waals surface area contributed by atoms with E-state index in [1.54, 1.807) is 25.1 Å². The van der Waals surface area contributed by atoms with E-state index in [2.05, 4.69) is 10.5 Å². The summed E-state index contributed by atoms with van der Waals surface area (Å²) in [5.41, 5.74) is 0.161. The maximum Gasteiger partial charge on any atom is 0.342 e. The van der Waals surface area contributed by atoms with Crippen molar-refractivity contribution in [2.75, 3.05) is 19.5 Å². The number of amides is 1. The summed E-state index contributed by atoms with van der Waals surface area (Å²) in [4.78, 5) is 24.3. The van der Waals surface area contributed by atoms with Crippen molar-refractivity contribution in [3.8, 4) is 11.5 Å². The Morgan fingerprint density at radius 1 is 1.21 bits per heavy atom. The minimum absolute atomic E-state index is 0.161. The maximum atomic E-state index is 12.3. The molecular weight excluding hydrogens is 316 g/mol. The van der Waals surface area contributed by atoms with Gasteiger partial charge in [-0.05, 0) is 32.0 Å². The van der Waals surface area contributed by atoms with E-state index in [1.807, 2.05) is 0 Å². The van der Waals surface area contributed by atoms with Gasteiger partial charge in [-0.2, -0.15) is 0 Å². The number of benzene rings is 1. The van der Waals surface area contributed by atoms with Gasteiger partial charge in [0.1, 0.15) is 22.8 Å². The van der Waals surface area contributed by atoms with Crippen molar-refractivity contribution >= 4 is 17.7 Å². The number of methoxy groups -OCH3 is 2. The molecule has 0 bridgehead atoms. The third-order valence-corrected chi connectivity index (χ3v) is 3.16. The lowest BCUT2D eigenvalue weighted by Crippen LogP contribution is -2.30. The van der Waals surface area contributed by atoms with Gasteiger partial charge in [0.2, 0.25) is 0 Å². The lowest BCUT2D eigenvalue weighted by Gasteiger charge is -2.14. The highest BCUT2D eigenvalue weighted by atomic mass is 16.5. The summed E-state index contributed by atoms with van der Waals surface area (Å²) in [6, 6.07) is 6.27. The molecule has 1 amide bonds. The van der Waals surface area contributed by atoms with Crippen LogP contribution in [0.1, 0.15) is 23.0 Å². The van der Waals surface area contributed by atoms with Crippen molar-refractivity contribution in [2.45, 2.75) is 20.0 Å². The number of rotatable bonds is 6. The first-order valence-corrected chi connectivity index (χ1v) is 7.11.